The first-order chi connectivity index (χ1) is 12.9. The molecule has 166 valence electrons. The van der Waals surface area contributed by atoms with E-state index in [1.165, 1.54) is 26.0 Å². The number of Topliss-reactive ketones (excluding diaryl/α,β-unsaturated/α-hetero) is 1. The summed E-state index contributed by atoms with van der Waals surface area (Å²) in [5.74, 6) is -0.407. The Morgan fingerprint density at radius 2 is 1.10 bits per heavy atom. The van der Waals surface area contributed by atoms with Gasteiger partial charge in [-0.2, -0.15) is 8.42 Å². The molecule has 0 bridgehead atoms. The number of hydrogen-bond acceptors (Lipinski definition) is 6. The van der Waals surface area contributed by atoms with Gasteiger partial charge in [0.2, 0.25) is 0 Å². The van der Waals surface area contributed by atoms with E-state index in [2.05, 4.69) is 22.3 Å². The van der Waals surface area contributed by atoms with Gasteiger partial charge in [-0.15, -0.1) is 0 Å². The van der Waals surface area contributed by atoms with Gasteiger partial charge in [-0.1, -0.05) is 12.1 Å². The lowest BCUT2D eigenvalue weighted by Crippen LogP contribution is -2.04. The van der Waals surface area contributed by atoms with Crippen LogP contribution in [0.4, 0.5) is 8.78 Å². The van der Waals surface area contributed by atoms with Crippen molar-refractivity contribution in [2.75, 3.05) is 0 Å². The highest BCUT2D eigenvalue weighted by atomic mass is 35.7. The van der Waals surface area contributed by atoms with E-state index in [4.69, 9.17) is 36.2 Å². The lowest BCUT2D eigenvalue weighted by molar-refractivity contribution is -0.121. The Kier molecular flexibility index (Phi) is 18.6. The molecule has 7 nitrogen and oxygen atoms in total. The van der Waals surface area contributed by atoms with Gasteiger partial charge in [-0.05, 0) is 67.7 Å². The van der Waals surface area contributed by atoms with Crippen LogP contribution in [0.1, 0.15) is 41.5 Å². The van der Waals surface area contributed by atoms with Crippen molar-refractivity contribution in [1.29, 1.82) is 0 Å². The lowest BCUT2D eigenvalue weighted by Gasteiger charge is -1.98. The Labute approximate surface area is 185 Å². The van der Waals surface area contributed by atoms with Crippen molar-refractivity contribution in [2.24, 2.45) is 0 Å². The molecule has 0 aliphatic heterocycles. The highest BCUT2D eigenvalue weighted by molar-refractivity contribution is 8.09. The van der Waals surface area contributed by atoms with Crippen LogP contribution in [-0.4, -0.2) is 46.8 Å². The lowest BCUT2D eigenvalue weighted by atomic mass is 10.1. The highest BCUT2D eigenvalue weighted by Gasteiger charge is 2.12. The summed E-state index contributed by atoms with van der Waals surface area (Å²) in [6.45, 7) is 3.54. The number of alkyl halides is 2. The SMILES string of the molecule is CC(=O)C(C)F.CC(F)C(=O)Cl.O=C(Cl)c1ccccc1C(=O)Cl.O=S(=O)(O)Cl. The fourth-order valence-corrected chi connectivity index (χ4v) is 1.16. The molecular formula is C15H16Cl4F2O7S. The quantitative estimate of drug-likeness (QED) is 0.458. The molecule has 0 aliphatic rings. The predicted octanol–water partition coefficient (Wildman–Crippen LogP) is 4.52. The van der Waals surface area contributed by atoms with E-state index in [1.807, 2.05) is 0 Å². The number of ketones is 1. The molecule has 1 rings (SSSR count). The summed E-state index contributed by atoms with van der Waals surface area (Å²) < 4.78 is 48.0. The molecule has 1 aromatic carbocycles. The summed E-state index contributed by atoms with van der Waals surface area (Å²) in [4.78, 5) is 40.8. The smallest absolute Gasteiger partial charge is 0.297 e. The molecule has 1 aromatic rings. The van der Waals surface area contributed by atoms with Gasteiger partial charge in [-0.25, -0.2) is 8.78 Å². The van der Waals surface area contributed by atoms with Crippen molar-refractivity contribution < 1.29 is 40.9 Å². The summed E-state index contributed by atoms with van der Waals surface area (Å²) in [6.07, 6.45) is -2.81. The van der Waals surface area contributed by atoms with Gasteiger partial charge in [0, 0.05) is 21.8 Å². The first kappa shape index (κ1) is 32.5. The molecule has 2 atom stereocenters. The van der Waals surface area contributed by atoms with Crippen LogP contribution in [-0.2, 0) is 18.9 Å². The molecule has 29 heavy (non-hydrogen) atoms. The fraction of sp³-hybridized carbons (Fsp3) is 0.333. The zero-order chi connectivity index (χ0) is 23.9. The van der Waals surface area contributed by atoms with E-state index in [-0.39, 0.29) is 11.1 Å². The van der Waals surface area contributed by atoms with Crippen molar-refractivity contribution in [2.45, 2.75) is 33.1 Å². The van der Waals surface area contributed by atoms with Gasteiger partial charge in [-0.3, -0.25) is 23.7 Å². The molecular weight excluding hydrogens is 504 g/mol. The zero-order valence-corrected chi connectivity index (χ0v) is 18.9. The number of hydrogen-bond donors (Lipinski definition) is 1. The third-order valence-corrected chi connectivity index (χ3v) is 2.93. The van der Waals surface area contributed by atoms with E-state index < -0.39 is 43.2 Å². The third kappa shape index (κ3) is 24.8. The Balaban J connectivity index is -0.000000340. The molecule has 0 fully saturated rings. The molecule has 0 aromatic heterocycles. The summed E-state index contributed by atoms with van der Waals surface area (Å²) in [6, 6.07) is 6.12. The third-order valence-electron chi connectivity index (χ3n) is 2.22. The first-order valence-corrected chi connectivity index (χ1v) is 10.4. The van der Waals surface area contributed by atoms with Crippen LogP contribution in [0.2, 0.25) is 0 Å². The minimum absolute atomic E-state index is 0.138. The number of halogens is 6. The van der Waals surface area contributed by atoms with Crippen LogP contribution in [0.15, 0.2) is 24.3 Å². The highest BCUT2D eigenvalue weighted by Crippen LogP contribution is 2.13. The van der Waals surface area contributed by atoms with Gasteiger partial charge in [0.1, 0.15) is 0 Å². The van der Waals surface area contributed by atoms with E-state index in [0.717, 1.165) is 6.92 Å². The van der Waals surface area contributed by atoms with Crippen LogP contribution in [0, 0.1) is 0 Å². The second-order valence-corrected chi connectivity index (χ2v) is 7.71. The maximum absolute atomic E-state index is 11.5. The second-order valence-electron chi connectivity index (χ2n) is 4.65. The Morgan fingerprint density at radius 1 is 0.897 bits per heavy atom. The van der Waals surface area contributed by atoms with Crippen molar-refractivity contribution in [3.05, 3.63) is 35.4 Å². The molecule has 0 saturated carbocycles. The van der Waals surface area contributed by atoms with Crippen LogP contribution in [0.5, 0.6) is 0 Å². The zero-order valence-electron chi connectivity index (χ0n) is 15.0. The molecule has 0 aliphatic carbocycles. The van der Waals surface area contributed by atoms with Crippen LogP contribution in [0.3, 0.4) is 0 Å². The van der Waals surface area contributed by atoms with Crippen molar-refractivity contribution in [3.63, 3.8) is 0 Å². The molecule has 14 heteroatoms. The topological polar surface area (TPSA) is 123 Å². The normalized spacial score (nSPS) is 11.7. The summed E-state index contributed by atoms with van der Waals surface area (Å²) in [5.41, 5.74) is 0.276. The van der Waals surface area contributed by atoms with E-state index >= 15 is 0 Å². The van der Waals surface area contributed by atoms with Crippen molar-refractivity contribution in [1.82, 2.24) is 0 Å². The van der Waals surface area contributed by atoms with Crippen molar-refractivity contribution >= 4 is 76.3 Å². The summed E-state index contributed by atoms with van der Waals surface area (Å²) >= 11 is 15.0. The number of carbonyl (C=O) groups is 4. The van der Waals surface area contributed by atoms with Gasteiger partial charge < -0.3 is 0 Å². The Bertz CT molecular complexity index is 741. The molecule has 1 N–H and O–H groups in total. The molecule has 2 unspecified atom stereocenters. The van der Waals surface area contributed by atoms with Gasteiger partial charge in [0.05, 0.1) is 0 Å². The van der Waals surface area contributed by atoms with E-state index in [0.29, 0.717) is 0 Å². The van der Waals surface area contributed by atoms with Crippen LogP contribution >= 0.6 is 45.5 Å². The molecule has 0 amide bonds. The average Bonchev–Trinajstić information content (AvgIpc) is 2.54. The van der Waals surface area contributed by atoms with E-state index in [9.17, 15) is 28.0 Å². The maximum Gasteiger partial charge on any atom is 0.353 e. The monoisotopic (exact) mass is 518 g/mol. The number of benzene rings is 1. The minimum atomic E-state index is -4.19. The number of rotatable bonds is 4. The summed E-state index contributed by atoms with van der Waals surface area (Å²) in [7, 11) is -0.137. The summed E-state index contributed by atoms with van der Waals surface area (Å²) in [5, 5.41) is -2.30. The van der Waals surface area contributed by atoms with Crippen LogP contribution < -0.4 is 0 Å². The largest absolute Gasteiger partial charge is 0.353 e. The fourth-order valence-electron chi connectivity index (χ4n) is 0.826. The molecule has 0 saturated heterocycles. The maximum atomic E-state index is 11.5. The molecule has 0 spiro atoms. The minimum Gasteiger partial charge on any atom is -0.297 e. The molecule has 0 radical (unpaired) electrons. The Hall–Kier alpha value is -1.17. The van der Waals surface area contributed by atoms with Gasteiger partial charge in [0.25, 0.3) is 15.7 Å². The van der Waals surface area contributed by atoms with E-state index in [1.54, 1.807) is 12.1 Å². The second kappa shape index (κ2) is 16.6. The molecule has 0 heterocycles. The van der Waals surface area contributed by atoms with Gasteiger partial charge in [0.15, 0.2) is 18.1 Å². The average molecular weight is 520 g/mol. The standard InChI is InChI=1S/C8H4Cl2O2.C4H7FO.C3H4ClFO.ClHO3S/c9-7(11)5-3-1-2-4-6(5)8(10)12;1-3(5)4(2)6;1-2(5)3(4)6;1-5(2,3)4/h1-4H;3H,1-2H3;2H,1H3;(H,2,3,4). The Morgan fingerprint density at radius 3 is 1.21 bits per heavy atom. The van der Waals surface area contributed by atoms with Crippen molar-refractivity contribution in [3.8, 4) is 0 Å². The van der Waals surface area contributed by atoms with Gasteiger partial charge >= 0.3 is 9.33 Å². The number of carbonyl (C=O) groups excluding carboxylic acids is 4. The predicted molar refractivity (Wildman–Crippen MR) is 107 cm³/mol. The first-order valence-electron chi connectivity index (χ1n) is 7.05. The van der Waals surface area contributed by atoms with Crippen LogP contribution in [0.25, 0.3) is 0 Å².